The molecule has 2 N–H and O–H groups in total. The van der Waals surface area contributed by atoms with Crippen LogP contribution in [0.2, 0.25) is 0 Å². The van der Waals surface area contributed by atoms with Gasteiger partial charge in [-0.1, -0.05) is 0 Å². The number of nitrogen functional groups attached to an aromatic ring is 1. The summed E-state index contributed by atoms with van der Waals surface area (Å²) >= 11 is 0. The first-order valence-electron chi connectivity index (χ1n) is 4.67. The maximum absolute atomic E-state index is 11.2. The molecule has 92 valence electrons. The Morgan fingerprint density at radius 1 is 1.47 bits per heavy atom. The van der Waals surface area contributed by atoms with Crippen molar-refractivity contribution in [2.24, 2.45) is 0 Å². The number of ether oxygens (including phenoxy) is 2. The van der Waals surface area contributed by atoms with Crippen LogP contribution in [0.5, 0.6) is 5.75 Å². The van der Waals surface area contributed by atoms with Gasteiger partial charge in [0.2, 0.25) is 0 Å². The minimum Gasteiger partial charge on any atom is -0.494 e. The summed E-state index contributed by atoms with van der Waals surface area (Å²) in [5.41, 5.74) is 5.75. The molecule has 0 aliphatic heterocycles. The van der Waals surface area contributed by atoms with Gasteiger partial charge in [-0.3, -0.25) is 14.9 Å². The molecule has 1 aromatic carbocycles. The summed E-state index contributed by atoms with van der Waals surface area (Å²) < 4.78 is 9.45. The fourth-order valence-electron chi connectivity index (χ4n) is 1.43. The molecule has 0 aromatic heterocycles. The maximum Gasteiger partial charge on any atom is 0.310 e. The van der Waals surface area contributed by atoms with Gasteiger partial charge in [-0.05, 0) is 6.07 Å². The van der Waals surface area contributed by atoms with Crippen LogP contribution >= 0.6 is 0 Å². The van der Waals surface area contributed by atoms with Crippen LogP contribution in [0.4, 0.5) is 11.4 Å². The Kier molecular flexibility index (Phi) is 3.86. The summed E-state index contributed by atoms with van der Waals surface area (Å²) in [6, 6.07) is 2.59. The number of anilines is 1. The second-order valence-corrected chi connectivity index (χ2v) is 3.20. The molecule has 1 rings (SSSR count). The number of nitrogens with zero attached hydrogens (tertiary/aromatic N) is 1. The van der Waals surface area contributed by atoms with Gasteiger partial charge in [0.05, 0.1) is 36.8 Å². The molecule has 7 heteroatoms. The SMILES string of the molecule is COC(=O)Cc1c([N+](=O)[O-])ccc(N)c1OC. The zero-order chi connectivity index (χ0) is 13.0. The Morgan fingerprint density at radius 3 is 2.59 bits per heavy atom. The summed E-state index contributed by atoms with van der Waals surface area (Å²) in [5.74, 6) is -0.471. The number of carbonyl (C=O) groups is 1. The van der Waals surface area contributed by atoms with Crippen molar-refractivity contribution >= 4 is 17.3 Å². The van der Waals surface area contributed by atoms with Gasteiger partial charge < -0.3 is 15.2 Å². The maximum atomic E-state index is 11.2. The molecule has 0 unspecified atom stereocenters. The topological polar surface area (TPSA) is 105 Å². The van der Waals surface area contributed by atoms with Gasteiger partial charge in [-0.25, -0.2) is 0 Å². The molecule has 0 heterocycles. The Bertz CT molecular complexity index is 458. The van der Waals surface area contributed by atoms with Crippen LogP contribution in [0.1, 0.15) is 5.56 Å². The first kappa shape index (κ1) is 12.8. The number of hydrogen-bond acceptors (Lipinski definition) is 6. The first-order valence-corrected chi connectivity index (χ1v) is 4.67. The molecule has 17 heavy (non-hydrogen) atoms. The standard InChI is InChI=1S/C10H12N2O5/c1-16-9(13)5-6-8(12(14)15)4-3-7(11)10(6)17-2/h3-4H,5,11H2,1-2H3. The van der Waals surface area contributed by atoms with Crippen LogP contribution in [0.25, 0.3) is 0 Å². The number of nitrogens with two attached hydrogens (primary N) is 1. The van der Waals surface area contributed by atoms with Crippen LogP contribution in [0, 0.1) is 10.1 Å². The predicted octanol–water partition coefficient (Wildman–Crippen LogP) is 0.901. The molecular weight excluding hydrogens is 228 g/mol. The number of esters is 1. The summed E-state index contributed by atoms with van der Waals surface area (Å²) in [5, 5.41) is 10.8. The fourth-order valence-corrected chi connectivity index (χ4v) is 1.43. The summed E-state index contributed by atoms with van der Waals surface area (Å²) in [6.07, 6.45) is -0.263. The second-order valence-electron chi connectivity index (χ2n) is 3.20. The van der Waals surface area contributed by atoms with Crippen LogP contribution in [0.15, 0.2) is 12.1 Å². The molecule has 0 fully saturated rings. The molecule has 0 aliphatic rings. The minimum absolute atomic E-state index is 0.115. The van der Waals surface area contributed by atoms with Gasteiger partial charge in [0, 0.05) is 6.07 Å². The van der Waals surface area contributed by atoms with E-state index in [2.05, 4.69) is 4.74 Å². The lowest BCUT2D eigenvalue weighted by Gasteiger charge is -2.10. The highest BCUT2D eigenvalue weighted by Gasteiger charge is 2.23. The van der Waals surface area contributed by atoms with E-state index in [0.29, 0.717) is 0 Å². The lowest BCUT2D eigenvalue weighted by molar-refractivity contribution is -0.385. The molecule has 0 atom stereocenters. The Balaban J connectivity index is 3.33. The Labute approximate surface area is 97.3 Å². The summed E-state index contributed by atoms with van der Waals surface area (Å²) in [7, 11) is 2.53. The van der Waals surface area contributed by atoms with Gasteiger partial charge in [-0.15, -0.1) is 0 Å². The van der Waals surface area contributed by atoms with E-state index in [4.69, 9.17) is 10.5 Å². The van der Waals surface area contributed by atoms with E-state index in [1.165, 1.54) is 26.4 Å². The highest BCUT2D eigenvalue weighted by molar-refractivity contribution is 5.78. The van der Waals surface area contributed by atoms with E-state index in [0.717, 1.165) is 0 Å². The highest BCUT2D eigenvalue weighted by atomic mass is 16.6. The molecule has 1 aromatic rings. The Hall–Kier alpha value is -2.31. The highest BCUT2D eigenvalue weighted by Crippen LogP contribution is 2.34. The minimum atomic E-state index is -0.600. The number of hydrogen-bond donors (Lipinski definition) is 1. The fraction of sp³-hybridized carbons (Fsp3) is 0.300. The molecule has 0 amide bonds. The van der Waals surface area contributed by atoms with Crippen molar-refractivity contribution in [3.8, 4) is 5.75 Å². The van der Waals surface area contributed by atoms with Gasteiger partial charge in [-0.2, -0.15) is 0 Å². The molecule has 0 saturated carbocycles. The lowest BCUT2D eigenvalue weighted by Crippen LogP contribution is -2.09. The number of rotatable bonds is 4. The number of nitro groups is 1. The molecule has 0 bridgehead atoms. The molecular formula is C10H12N2O5. The zero-order valence-electron chi connectivity index (χ0n) is 9.43. The van der Waals surface area contributed by atoms with Crippen molar-refractivity contribution in [2.45, 2.75) is 6.42 Å². The van der Waals surface area contributed by atoms with Crippen LogP contribution in [0.3, 0.4) is 0 Å². The van der Waals surface area contributed by atoms with E-state index < -0.39 is 10.9 Å². The third-order valence-corrected chi connectivity index (χ3v) is 2.22. The van der Waals surface area contributed by atoms with Gasteiger partial charge in [0.15, 0.2) is 5.75 Å². The van der Waals surface area contributed by atoms with E-state index in [1.54, 1.807) is 0 Å². The quantitative estimate of drug-likeness (QED) is 0.363. The van der Waals surface area contributed by atoms with E-state index in [9.17, 15) is 14.9 Å². The van der Waals surface area contributed by atoms with Crippen LogP contribution < -0.4 is 10.5 Å². The van der Waals surface area contributed by atoms with Crippen molar-refractivity contribution in [2.75, 3.05) is 20.0 Å². The smallest absolute Gasteiger partial charge is 0.310 e. The van der Waals surface area contributed by atoms with Gasteiger partial charge in [0.25, 0.3) is 5.69 Å². The average molecular weight is 240 g/mol. The van der Waals surface area contributed by atoms with Gasteiger partial charge >= 0.3 is 5.97 Å². The van der Waals surface area contributed by atoms with E-state index >= 15 is 0 Å². The summed E-state index contributed by atoms with van der Waals surface area (Å²) in [4.78, 5) is 21.4. The monoisotopic (exact) mass is 240 g/mol. The van der Waals surface area contributed by atoms with Crippen molar-refractivity contribution in [1.29, 1.82) is 0 Å². The van der Waals surface area contributed by atoms with Crippen molar-refractivity contribution in [3.05, 3.63) is 27.8 Å². The molecule has 0 aliphatic carbocycles. The third-order valence-electron chi connectivity index (χ3n) is 2.22. The number of benzene rings is 1. The van der Waals surface area contributed by atoms with E-state index in [1.807, 2.05) is 0 Å². The summed E-state index contributed by atoms with van der Waals surface area (Å²) in [6.45, 7) is 0. The van der Waals surface area contributed by atoms with E-state index in [-0.39, 0.29) is 29.1 Å². The van der Waals surface area contributed by atoms with Crippen molar-refractivity contribution in [1.82, 2.24) is 0 Å². The molecule has 0 radical (unpaired) electrons. The van der Waals surface area contributed by atoms with Crippen LogP contribution in [-0.4, -0.2) is 25.1 Å². The number of carbonyl (C=O) groups excluding carboxylic acids is 1. The van der Waals surface area contributed by atoms with Gasteiger partial charge in [0.1, 0.15) is 0 Å². The van der Waals surface area contributed by atoms with Crippen molar-refractivity contribution in [3.63, 3.8) is 0 Å². The molecule has 0 spiro atoms. The zero-order valence-corrected chi connectivity index (χ0v) is 9.43. The predicted molar refractivity (Wildman–Crippen MR) is 59.8 cm³/mol. The second kappa shape index (κ2) is 5.15. The van der Waals surface area contributed by atoms with Crippen molar-refractivity contribution < 1.29 is 19.2 Å². The van der Waals surface area contributed by atoms with Crippen LogP contribution in [-0.2, 0) is 16.0 Å². The number of nitro benzene ring substituents is 1. The largest absolute Gasteiger partial charge is 0.494 e. The average Bonchev–Trinajstić information content (AvgIpc) is 2.28. The molecule has 7 nitrogen and oxygen atoms in total. The number of methoxy groups -OCH3 is 2. The molecule has 0 saturated heterocycles. The normalized spacial score (nSPS) is 9.76. The first-order chi connectivity index (χ1) is 8.01. The third kappa shape index (κ3) is 2.63. The lowest BCUT2D eigenvalue weighted by atomic mass is 10.1. The Morgan fingerprint density at radius 2 is 2.12 bits per heavy atom.